The number of likely N-dealkylation sites (N-methyl/N-ethyl adjacent to an activating group) is 1. The van der Waals surface area contributed by atoms with Gasteiger partial charge in [-0.1, -0.05) is 25.7 Å². The van der Waals surface area contributed by atoms with E-state index < -0.39 is 0 Å². The van der Waals surface area contributed by atoms with Crippen LogP contribution in [0.4, 0.5) is 0 Å². The first kappa shape index (κ1) is 11.0. The first-order chi connectivity index (χ1) is 6.38. The molecule has 1 aliphatic rings. The zero-order chi connectivity index (χ0) is 9.52. The lowest BCUT2D eigenvalue weighted by atomic mass is 9.94. The second kappa shape index (κ2) is 6.39. The molecular formula is C11H23NO. The van der Waals surface area contributed by atoms with E-state index >= 15 is 0 Å². The highest BCUT2D eigenvalue weighted by Crippen LogP contribution is 2.19. The van der Waals surface area contributed by atoms with E-state index in [4.69, 9.17) is 4.74 Å². The van der Waals surface area contributed by atoms with E-state index in [0.29, 0.717) is 12.1 Å². The molecule has 0 aliphatic heterocycles. The molecular weight excluding hydrogens is 162 g/mol. The van der Waals surface area contributed by atoms with Gasteiger partial charge in [0.1, 0.15) is 0 Å². The van der Waals surface area contributed by atoms with Crippen LogP contribution in [0.15, 0.2) is 0 Å². The molecule has 0 aromatic rings. The average molecular weight is 185 g/mol. The standard InChI is InChI=1S/C11H23NO/c1-3-13-11-9-7-5-4-6-8-10(11)12-2/h10-12H,3-9H2,1-2H3/t10-,11+/m1/s1. The molecule has 1 rings (SSSR count). The van der Waals surface area contributed by atoms with Crippen LogP contribution >= 0.6 is 0 Å². The summed E-state index contributed by atoms with van der Waals surface area (Å²) < 4.78 is 5.76. The van der Waals surface area contributed by atoms with Gasteiger partial charge in [-0.2, -0.15) is 0 Å². The maximum atomic E-state index is 5.76. The molecule has 2 nitrogen and oxygen atoms in total. The predicted octanol–water partition coefficient (Wildman–Crippen LogP) is 2.33. The van der Waals surface area contributed by atoms with E-state index in [9.17, 15) is 0 Å². The van der Waals surface area contributed by atoms with Gasteiger partial charge in [-0.3, -0.25) is 0 Å². The summed E-state index contributed by atoms with van der Waals surface area (Å²) in [5.41, 5.74) is 0. The molecule has 13 heavy (non-hydrogen) atoms. The van der Waals surface area contributed by atoms with E-state index in [-0.39, 0.29) is 0 Å². The SMILES string of the molecule is CCO[C@H]1CCCCCC[C@H]1NC. The molecule has 1 fully saturated rings. The third kappa shape index (κ3) is 3.65. The van der Waals surface area contributed by atoms with Crippen LogP contribution in [0.5, 0.6) is 0 Å². The highest BCUT2D eigenvalue weighted by molar-refractivity contribution is 4.77. The first-order valence-corrected chi connectivity index (χ1v) is 5.67. The van der Waals surface area contributed by atoms with Gasteiger partial charge >= 0.3 is 0 Å². The largest absolute Gasteiger partial charge is 0.377 e. The minimum absolute atomic E-state index is 0.454. The summed E-state index contributed by atoms with van der Waals surface area (Å²) in [5, 5.41) is 3.38. The molecule has 0 aromatic heterocycles. The van der Waals surface area contributed by atoms with Crippen molar-refractivity contribution in [1.29, 1.82) is 0 Å². The molecule has 2 atom stereocenters. The maximum absolute atomic E-state index is 5.76. The number of hydrogen-bond acceptors (Lipinski definition) is 2. The van der Waals surface area contributed by atoms with Gasteiger partial charge in [0.05, 0.1) is 6.10 Å². The first-order valence-electron chi connectivity index (χ1n) is 5.67. The molecule has 1 aliphatic carbocycles. The second-order valence-corrected chi connectivity index (χ2v) is 3.88. The Morgan fingerprint density at radius 1 is 1.15 bits per heavy atom. The Hall–Kier alpha value is -0.0800. The number of rotatable bonds is 3. The van der Waals surface area contributed by atoms with E-state index in [1.807, 2.05) is 0 Å². The third-order valence-electron chi connectivity index (χ3n) is 2.95. The molecule has 0 heterocycles. The van der Waals surface area contributed by atoms with Crippen molar-refractivity contribution in [3.63, 3.8) is 0 Å². The van der Waals surface area contributed by atoms with Crippen molar-refractivity contribution in [3.05, 3.63) is 0 Å². The van der Waals surface area contributed by atoms with Crippen molar-refractivity contribution < 1.29 is 4.74 Å². The minimum atomic E-state index is 0.454. The van der Waals surface area contributed by atoms with Crippen LogP contribution in [0.3, 0.4) is 0 Å². The molecule has 0 bridgehead atoms. The fourth-order valence-corrected chi connectivity index (χ4v) is 2.19. The molecule has 0 spiro atoms. The van der Waals surface area contributed by atoms with Crippen molar-refractivity contribution in [1.82, 2.24) is 5.32 Å². The number of nitrogens with one attached hydrogen (secondary N) is 1. The van der Waals surface area contributed by atoms with Crippen LogP contribution in [-0.2, 0) is 4.74 Å². The van der Waals surface area contributed by atoms with E-state index in [0.717, 1.165) is 6.61 Å². The quantitative estimate of drug-likeness (QED) is 0.728. The Kier molecular flexibility index (Phi) is 5.40. The van der Waals surface area contributed by atoms with E-state index in [2.05, 4.69) is 19.3 Å². The monoisotopic (exact) mass is 185 g/mol. The predicted molar refractivity (Wildman–Crippen MR) is 56.0 cm³/mol. The van der Waals surface area contributed by atoms with E-state index in [1.54, 1.807) is 0 Å². The molecule has 0 aromatic carbocycles. The zero-order valence-electron chi connectivity index (χ0n) is 9.01. The molecule has 0 amide bonds. The fraction of sp³-hybridized carbons (Fsp3) is 1.00. The van der Waals surface area contributed by atoms with Crippen LogP contribution in [0.25, 0.3) is 0 Å². The summed E-state index contributed by atoms with van der Waals surface area (Å²) in [4.78, 5) is 0. The topological polar surface area (TPSA) is 21.3 Å². The van der Waals surface area contributed by atoms with Gasteiger partial charge in [0.25, 0.3) is 0 Å². The second-order valence-electron chi connectivity index (χ2n) is 3.88. The van der Waals surface area contributed by atoms with Crippen molar-refractivity contribution in [2.75, 3.05) is 13.7 Å². The van der Waals surface area contributed by atoms with Crippen LogP contribution < -0.4 is 5.32 Å². The normalized spacial score (nSPS) is 30.9. The molecule has 0 radical (unpaired) electrons. The van der Waals surface area contributed by atoms with Crippen molar-refractivity contribution in [2.45, 2.75) is 57.6 Å². The summed E-state index contributed by atoms with van der Waals surface area (Å²) >= 11 is 0. The van der Waals surface area contributed by atoms with Crippen LogP contribution in [-0.4, -0.2) is 25.8 Å². The Labute approximate surface area is 82.0 Å². The lowest BCUT2D eigenvalue weighted by molar-refractivity contribution is 0.0229. The lowest BCUT2D eigenvalue weighted by Gasteiger charge is -2.28. The summed E-state index contributed by atoms with van der Waals surface area (Å²) in [6.45, 7) is 2.94. The highest BCUT2D eigenvalue weighted by Gasteiger charge is 2.20. The minimum Gasteiger partial charge on any atom is -0.377 e. The van der Waals surface area contributed by atoms with Crippen molar-refractivity contribution in [2.24, 2.45) is 0 Å². The lowest BCUT2D eigenvalue weighted by Crippen LogP contribution is -2.40. The number of ether oxygens (including phenoxy) is 1. The Morgan fingerprint density at radius 2 is 1.85 bits per heavy atom. The van der Waals surface area contributed by atoms with Crippen LogP contribution in [0.2, 0.25) is 0 Å². The number of hydrogen-bond donors (Lipinski definition) is 1. The molecule has 0 saturated heterocycles. The van der Waals surface area contributed by atoms with Gasteiger partial charge in [-0.25, -0.2) is 0 Å². The van der Waals surface area contributed by atoms with Gasteiger partial charge in [0, 0.05) is 12.6 Å². The van der Waals surface area contributed by atoms with Gasteiger partial charge in [0.15, 0.2) is 0 Å². The van der Waals surface area contributed by atoms with Crippen LogP contribution in [0.1, 0.15) is 45.4 Å². The third-order valence-corrected chi connectivity index (χ3v) is 2.95. The summed E-state index contributed by atoms with van der Waals surface area (Å²) in [6.07, 6.45) is 8.45. The Balaban J connectivity index is 2.40. The fourth-order valence-electron chi connectivity index (χ4n) is 2.19. The average Bonchev–Trinajstić information content (AvgIpc) is 2.10. The molecule has 2 heteroatoms. The van der Waals surface area contributed by atoms with Crippen molar-refractivity contribution in [3.8, 4) is 0 Å². The maximum Gasteiger partial charge on any atom is 0.0727 e. The molecule has 78 valence electrons. The van der Waals surface area contributed by atoms with Gasteiger partial charge in [0.2, 0.25) is 0 Å². The summed E-state index contributed by atoms with van der Waals surface area (Å²) in [5.74, 6) is 0. The molecule has 0 unspecified atom stereocenters. The molecule has 1 N–H and O–H groups in total. The summed E-state index contributed by atoms with van der Waals surface area (Å²) in [7, 11) is 2.05. The summed E-state index contributed by atoms with van der Waals surface area (Å²) in [6, 6.07) is 0.584. The van der Waals surface area contributed by atoms with Crippen LogP contribution in [0, 0.1) is 0 Å². The van der Waals surface area contributed by atoms with Gasteiger partial charge < -0.3 is 10.1 Å². The van der Waals surface area contributed by atoms with Gasteiger partial charge in [-0.15, -0.1) is 0 Å². The smallest absolute Gasteiger partial charge is 0.0727 e. The van der Waals surface area contributed by atoms with E-state index in [1.165, 1.54) is 38.5 Å². The Morgan fingerprint density at radius 3 is 2.46 bits per heavy atom. The van der Waals surface area contributed by atoms with Gasteiger partial charge in [-0.05, 0) is 26.8 Å². The Bertz CT molecular complexity index is 127. The molecule has 1 saturated carbocycles. The highest BCUT2D eigenvalue weighted by atomic mass is 16.5. The van der Waals surface area contributed by atoms with Crippen molar-refractivity contribution >= 4 is 0 Å². The zero-order valence-corrected chi connectivity index (χ0v) is 9.01.